The van der Waals surface area contributed by atoms with Gasteiger partial charge in [-0.2, -0.15) is 5.10 Å². The predicted molar refractivity (Wildman–Crippen MR) is 95.8 cm³/mol. The summed E-state index contributed by atoms with van der Waals surface area (Å²) in [4.78, 5) is 21.3. The lowest BCUT2D eigenvalue weighted by atomic mass is 10.1. The summed E-state index contributed by atoms with van der Waals surface area (Å²) in [7, 11) is 5.83. The van der Waals surface area contributed by atoms with Crippen LogP contribution in [-0.4, -0.2) is 59.4 Å². The Balaban J connectivity index is 1.82. The van der Waals surface area contributed by atoms with Gasteiger partial charge in [0.2, 0.25) is 0 Å². The van der Waals surface area contributed by atoms with Crippen LogP contribution in [0.4, 0.5) is 5.69 Å². The highest BCUT2D eigenvalue weighted by Gasteiger charge is 2.29. The van der Waals surface area contributed by atoms with Gasteiger partial charge in [-0.15, -0.1) is 0 Å². The van der Waals surface area contributed by atoms with Gasteiger partial charge in [0.25, 0.3) is 5.91 Å². The third-order valence-electron chi connectivity index (χ3n) is 4.40. The van der Waals surface area contributed by atoms with Gasteiger partial charge in [0, 0.05) is 45.3 Å². The van der Waals surface area contributed by atoms with E-state index in [-0.39, 0.29) is 12.0 Å². The molecular weight excluding hydrogens is 318 g/mol. The van der Waals surface area contributed by atoms with Crippen molar-refractivity contribution in [1.29, 1.82) is 0 Å². The van der Waals surface area contributed by atoms with Crippen LogP contribution >= 0.6 is 0 Å². The third kappa shape index (κ3) is 3.66. The minimum atomic E-state index is -0.215. The van der Waals surface area contributed by atoms with Crippen molar-refractivity contribution in [3.63, 3.8) is 0 Å². The van der Waals surface area contributed by atoms with E-state index in [0.717, 1.165) is 22.8 Å². The van der Waals surface area contributed by atoms with Crippen molar-refractivity contribution < 1.29 is 9.53 Å². The second-order valence-electron chi connectivity index (χ2n) is 6.70. The van der Waals surface area contributed by atoms with Crippen LogP contribution in [0.5, 0.6) is 0 Å². The van der Waals surface area contributed by atoms with E-state index in [0.29, 0.717) is 25.3 Å². The Kier molecular flexibility index (Phi) is 4.76. The minimum absolute atomic E-state index is 0.000568. The monoisotopic (exact) mass is 343 g/mol. The van der Waals surface area contributed by atoms with Crippen molar-refractivity contribution in [1.82, 2.24) is 19.7 Å². The summed E-state index contributed by atoms with van der Waals surface area (Å²) < 4.78 is 7.58. The average Bonchev–Trinajstić information content (AvgIpc) is 2.92. The van der Waals surface area contributed by atoms with Crippen molar-refractivity contribution in [2.75, 3.05) is 38.7 Å². The minimum Gasteiger partial charge on any atom is -0.378 e. The molecule has 1 aliphatic rings. The molecular formula is C18H25N5O2. The van der Waals surface area contributed by atoms with Gasteiger partial charge in [-0.3, -0.25) is 14.5 Å². The number of anilines is 1. The quantitative estimate of drug-likeness (QED) is 0.849. The number of aryl methyl sites for hydroxylation is 3. The molecule has 0 bridgehead atoms. The number of nitrogens with zero attached hydrogens (tertiary/aromatic N) is 5. The number of carbonyl (C=O) groups is 1. The Morgan fingerprint density at radius 1 is 1.32 bits per heavy atom. The zero-order chi connectivity index (χ0) is 18.1. The fourth-order valence-corrected chi connectivity index (χ4v) is 3.09. The predicted octanol–water partition coefficient (Wildman–Crippen LogP) is 1.71. The van der Waals surface area contributed by atoms with Gasteiger partial charge in [0.15, 0.2) is 0 Å². The fourth-order valence-electron chi connectivity index (χ4n) is 3.09. The van der Waals surface area contributed by atoms with E-state index >= 15 is 0 Å². The number of rotatable bonds is 3. The highest BCUT2D eigenvalue weighted by atomic mass is 16.5. The van der Waals surface area contributed by atoms with Gasteiger partial charge < -0.3 is 14.5 Å². The van der Waals surface area contributed by atoms with Crippen molar-refractivity contribution in [2.24, 2.45) is 7.05 Å². The second-order valence-corrected chi connectivity index (χ2v) is 6.70. The lowest BCUT2D eigenvalue weighted by Crippen LogP contribution is -2.42. The van der Waals surface area contributed by atoms with Gasteiger partial charge in [0.05, 0.1) is 30.1 Å². The maximum absolute atomic E-state index is 12.8. The van der Waals surface area contributed by atoms with Gasteiger partial charge in [0.1, 0.15) is 6.10 Å². The lowest BCUT2D eigenvalue weighted by Gasteiger charge is -2.33. The van der Waals surface area contributed by atoms with E-state index in [1.807, 2.05) is 56.9 Å². The van der Waals surface area contributed by atoms with Crippen molar-refractivity contribution in [2.45, 2.75) is 20.0 Å². The molecule has 1 aliphatic heterocycles. The Labute approximate surface area is 148 Å². The van der Waals surface area contributed by atoms with E-state index < -0.39 is 0 Å². The maximum Gasteiger partial charge on any atom is 0.257 e. The summed E-state index contributed by atoms with van der Waals surface area (Å²) in [5.41, 5.74) is 4.28. The number of amides is 1. The maximum atomic E-state index is 12.8. The number of aromatic nitrogens is 3. The number of carbonyl (C=O) groups excluding carboxylic acids is 1. The summed E-state index contributed by atoms with van der Waals surface area (Å²) in [6.07, 6.45) is 1.56. The van der Waals surface area contributed by atoms with Gasteiger partial charge >= 0.3 is 0 Å². The standard InChI is InChI=1S/C18H25N5O2/c1-12-8-14(21(3)4)9-16(19-12)17-11-23(6-7-25-17)18(24)15-10-22(5)20-13(15)2/h8-10,17H,6-7,11H2,1-5H3/t17-/m1/s1. The molecule has 134 valence electrons. The molecule has 2 aromatic rings. The Bertz CT molecular complexity index is 784. The molecule has 0 aliphatic carbocycles. The smallest absolute Gasteiger partial charge is 0.257 e. The largest absolute Gasteiger partial charge is 0.378 e. The van der Waals surface area contributed by atoms with E-state index in [1.54, 1.807) is 10.9 Å². The van der Waals surface area contributed by atoms with Gasteiger partial charge in [-0.1, -0.05) is 0 Å². The summed E-state index contributed by atoms with van der Waals surface area (Å²) in [5.74, 6) is -0.000568. The molecule has 0 spiro atoms. The highest BCUT2D eigenvalue weighted by molar-refractivity contribution is 5.95. The normalized spacial score (nSPS) is 17.6. The molecule has 2 aromatic heterocycles. The molecule has 0 radical (unpaired) electrons. The number of hydrogen-bond acceptors (Lipinski definition) is 5. The number of hydrogen-bond donors (Lipinski definition) is 0. The molecule has 1 amide bonds. The molecule has 0 aromatic carbocycles. The first-order chi connectivity index (χ1) is 11.8. The van der Waals surface area contributed by atoms with Crippen molar-refractivity contribution in [3.05, 3.63) is 41.0 Å². The first kappa shape index (κ1) is 17.4. The summed E-state index contributed by atoms with van der Waals surface area (Å²) in [5, 5.41) is 4.27. The third-order valence-corrected chi connectivity index (χ3v) is 4.40. The van der Waals surface area contributed by atoms with Crippen molar-refractivity contribution in [3.8, 4) is 0 Å². The van der Waals surface area contributed by atoms with E-state index in [2.05, 4.69) is 10.1 Å². The van der Waals surface area contributed by atoms with Crippen LogP contribution in [0.3, 0.4) is 0 Å². The zero-order valence-corrected chi connectivity index (χ0v) is 15.5. The average molecular weight is 343 g/mol. The Morgan fingerprint density at radius 2 is 2.08 bits per heavy atom. The van der Waals surface area contributed by atoms with Crippen LogP contribution in [0.15, 0.2) is 18.3 Å². The molecule has 1 saturated heterocycles. The molecule has 1 fully saturated rings. The molecule has 3 rings (SSSR count). The zero-order valence-electron chi connectivity index (χ0n) is 15.5. The van der Waals surface area contributed by atoms with Gasteiger partial charge in [-0.05, 0) is 26.0 Å². The molecule has 0 N–H and O–H groups in total. The van der Waals surface area contributed by atoms with E-state index in [9.17, 15) is 4.79 Å². The number of morpholine rings is 1. The van der Waals surface area contributed by atoms with Crippen LogP contribution in [0, 0.1) is 13.8 Å². The Morgan fingerprint density at radius 3 is 2.72 bits per heavy atom. The summed E-state index contributed by atoms with van der Waals surface area (Å²) >= 11 is 0. The molecule has 25 heavy (non-hydrogen) atoms. The fraction of sp³-hybridized carbons (Fsp3) is 0.500. The summed E-state index contributed by atoms with van der Waals surface area (Å²) in [6.45, 7) is 5.41. The highest BCUT2D eigenvalue weighted by Crippen LogP contribution is 2.26. The second kappa shape index (κ2) is 6.84. The molecule has 3 heterocycles. The number of ether oxygens (including phenoxy) is 1. The topological polar surface area (TPSA) is 63.5 Å². The van der Waals surface area contributed by atoms with Crippen LogP contribution in [0.25, 0.3) is 0 Å². The molecule has 7 heteroatoms. The lowest BCUT2D eigenvalue weighted by molar-refractivity contribution is -0.0247. The molecule has 7 nitrogen and oxygen atoms in total. The van der Waals surface area contributed by atoms with Gasteiger partial charge in [-0.25, -0.2) is 0 Å². The van der Waals surface area contributed by atoms with Crippen LogP contribution in [-0.2, 0) is 11.8 Å². The first-order valence-electron chi connectivity index (χ1n) is 8.42. The van der Waals surface area contributed by atoms with E-state index in [4.69, 9.17) is 4.74 Å². The first-order valence-corrected chi connectivity index (χ1v) is 8.42. The molecule has 1 atom stereocenters. The SMILES string of the molecule is Cc1cc(N(C)C)cc([C@H]2CN(C(=O)c3cn(C)nc3C)CCO2)n1. The van der Waals surface area contributed by atoms with E-state index in [1.165, 1.54) is 0 Å². The molecule has 0 saturated carbocycles. The Hall–Kier alpha value is -2.41. The van der Waals surface area contributed by atoms with Crippen LogP contribution in [0.1, 0.15) is 33.5 Å². The van der Waals surface area contributed by atoms with Crippen molar-refractivity contribution >= 4 is 11.6 Å². The summed E-state index contributed by atoms with van der Waals surface area (Å²) in [6, 6.07) is 4.06. The number of pyridine rings is 1. The molecule has 0 unspecified atom stereocenters. The van der Waals surface area contributed by atoms with Crippen LogP contribution < -0.4 is 4.90 Å². The van der Waals surface area contributed by atoms with Crippen LogP contribution in [0.2, 0.25) is 0 Å².